The number of rotatable bonds is 5. The van der Waals surface area contributed by atoms with Crippen LogP contribution in [0.2, 0.25) is 0 Å². The Hall–Kier alpha value is -4.66. The van der Waals surface area contributed by atoms with E-state index in [1.165, 1.54) is 43.3 Å². The molecule has 9 nitrogen and oxygen atoms in total. The molecule has 0 bridgehead atoms. The van der Waals surface area contributed by atoms with Crippen molar-refractivity contribution in [2.75, 3.05) is 10.2 Å². The standard InChI is InChI=1S/C23H15N3O6/c1-13(27)14-2-6-16(7-3-14)24-21(28)15-4-8-17(9-5-15)25-22(29)19-11-10-18(26(31)32)12-20(19)23(25)30/h2-12H,1H3,(H,24,28). The molecule has 4 rings (SSSR count). The first-order valence-corrected chi connectivity index (χ1v) is 9.46. The van der Waals surface area contributed by atoms with Crippen LogP contribution in [0.25, 0.3) is 0 Å². The number of carbonyl (C=O) groups excluding carboxylic acids is 4. The van der Waals surface area contributed by atoms with E-state index in [9.17, 15) is 29.3 Å². The third kappa shape index (κ3) is 3.63. The number of carbonyl (C=O) groups is 4. The molecule has 0 fully saturated rings. The smallest absolute Gasteiger partial charge is 0.270 e. The summed E-state index contributed by atoms with van der Waals surface area (Å²) in [5.74, 6) is -1.76. The SMILES string of the molecule is CC(=O)c1ccc(NC(=O)c2ccc(N3C(=O)c4ccc([N+](=O)[O-])cc4C3=O)cc2)cc1. The number of fused-ring (bicyclic) bond motifs is 1. The zero-order valence-electron chi connectivity index (χ0n) is 16.7. The number of non-ortho nitro benzene ring substituents is 1. The Morgan fingerprint density at radius 3 is 2.03 bits per heavy atom. The predicted octanol–water partition coefficient (Wildman–Crippen LogP) is 3.85. The summed E-state index contributed by atoms with van der Waals surface area (Å²) in [7, 11) is 0. The van der Waals surface area contributed by atoms with E-state index in [0.717, 1.165) is 11.0 Å². The Kier molecular flexibility index (Phi) is 5.07. The number of hydrogen-bond donors (Lipinski definition) is 1. The summed E-state index contributed by atoms with van der Waals surface area (Å²) in [4.78, 5) is 60.4. The Morgan fingerprint density at radius 1 is 0.844 bits per heavy atom. The van der Waals surface area contributed by atoms with Gasteiger partial charge in [0, 0.05) is 28.9 Å². The lowest BCUT2D eigenvalue weighted by Crippen LogP contribution is -2.29. The molecule has 3 aromatic carbocycles. The highest BCUT2D eigenvalue weighted by molar-refractivity contribution is 6.34. The zero-order chi connectivity index (χ0) is 23.0. The maximum Gasteiger partial charge on any atom is 0.270 e. The fourth-order valence-electron chi connectivity index (χ4n) is 3.33. The van der Waals surface area contributed by atoms with Crippen LogP contribution in [-0.2, 0) is 0 Å². The Bertz CT molecular complexity index is 1300. The number of nitrogens with zero attached hydrogens (tertiary/aromatic N) is 2. The Morgan fingerprint density at radius 2 is 1.44 bits per heavy atom. The lowest BCUT2D eigenvalue weighted by molar-refractivity contribution is -0.384. The van der Waals surface area contributed by atoms with Crippen molar-refractivity contribution in [3.63, 3.8) is 0 Å². The molecule has 0 aromatic heterocycles. The lowest BCUT2D eigenvalue weighted by Gasteiger charge is -2.14. The van der Waals surface area contributed by atoms with E-state index in [1.807, 2.05) is 0 Å². The molecule has 0 unspecified atom stereocenters. The number of benzene rings is 3. The van der Waals surface area contributed by atoms with E-state index in [4.69, 9.17) is 0 Å². The minimum absolute atomic E-state index is 0.0416. The molecule has 1 heterocycles. The maximum atomic E-state index is 12.7. The monoisotopic (exact) mass is 429 g/mol. The van der Waals surface area contributed by atoms with Crippen molar-refractivity contribution in [1.82, 2.24) is 0 Å². The van der Waals surface area contributed by atoms with Crippen LogP contribution in [0.15, 0.2) is 66.7 Å². The molecule has 0 saturated carbocycles. The second kappa shape index (κ2) is 7.88. The predicted molar refractivity (Wildman–Crippen MR) is 115 cm³/mol. The second-order valence-corrected chi connectivity index (χ2v) is 7.07. The second-order valence-electron chi connectivity index (χ2n) is 7.07. The molecular formula is C23H15N3O6. The van der Waals surface area contributed by atoms with Crippen LogP contribution in [0.3, 0.4) is 0 Å². The van der Waals surface area contributed by atoms with Crippen LogP contribution in [-0.4, -0.2) is 28.4 Å². The molecule has 1 aliphatic heterocycles. The van der Waals surface area contributed by atoms with Crippen LogP contribution >= 0.6 is 0 Å². The molecule has 158 valence electrons. The first-order valence-electron chi connectivity index (χ1n) is 9.46. The fourth-order valence-corrected chi connectivity index (χ4v) is 3.33. The molecule has 0 saturated heterocycles. The van der Waals surface area contributed by atoms with Crippen molar-refractivity contribution in [3.05, 3.63) is 99.1 Å². The number of Topliss-reactive ketones (excluding diaryl/α,β-unsaturated/α-hetero) is 1. The zero-order valence-corrected chi connectivity index (χ0v) is 16.7. The largest absolute Gasteiger partial charge is 0.322 e. The van der Waals surface area contributed by atoms with E-state index in [2.05, 4.69) is 5.32 Å². The number of imide groups is 1. The van der Waals surface area contributed by atoms with Gasteiger partial charge < -0.3 is 5.32 Å². The minimum Gasteiger partial charge on any atom is -0.322 e. The van der Waals surface area contributed by atoms with Crippen molar-refractivity contribution >= 4 is 40.6 Å². The first-order chi connectivity index (χ1) is 15.3. The fraction of sp³-hybridized carbons (Fsp3) is 0.0435. The number of anilines is 2. The summed E-state index contributed by atoms with van der Waals surface area (Å²) < 4.78 is 0. The van der Waals surface area contributed by atoms with E-state index < -0.39 is 22.6 Å². The summed E-state index contributed by atoms with van der Waals surface area (Å²) in [6.07, 6.45) is 0. The molecule has 0 spiro atoms. The van der Waals surface area contributed by atoms with Crippen molar-refractivity contribution < 1.29 is 24.1 Å². The van der Waals surface area contributed by atoms with Crippen LogP contribution in [0, 0.1) is 10.1 Å². The Balaban J connectivity index is 1.52. The molecule has 3 aromatic rings. The highest BCUT2D eigenvalue weighted by Crippen LogP contribution is 2.31. The average molecular weight is 429 g/mol. The Labute approximate surface area is 181 Å². The summed E-state index contributed by atoms with van der Waals surface area (Å²) in [6.45, 7) is 1.45. The number of hydrogen-bond acceptors (Lipinski definition) is 6. The summed E-state index contributed by atoms with van der Waals surface area (Å²) in [5.41, 5.74) is 1.31. The molecule has 3 amide bonds. The van der Waals surface area contributed by atoms with E-state index in [0.29, 0.717) is 11.3 Å². The molecule has 1 N–H and O–H groups in total. The molecule has 9 heteroatoms. The van der Waals surface area contributed by atoms with E-state index in [-0.39, 0.29) is 33.8 Å². The third-order valence-electron chi connectivity index (χ3n) is 5.02. The highest BCUT2D eigenvalue weighted by atomic mass is 16.6. The summed E-state index contributed by atoms with van der Waals surface area (Å²) in [5, 5.41) is 13.7. The third-order valence-corrected chi connectivity index (χ3v) is 5.02. The molecule has 0 atom stereocenters. The van der Waals surface area contributed by atoms with Crippen LogP contribution in [0.1, 0.15) is 48.4 Å². The van der Waals surface area contributed by atoms with Gasteiger partial charge in [0.05, 0.1) is 21.7 Å². The van der Waals surface area contributed by atoms with E-state index >= 15 is 0 Å². The van der Waals surface area contributed by atoms with Gasteiger partial charge in [-0.3, -0.25) is 29.3 Å². The summed E-state index contributed by atoms with van der Waals surface area (Å²) >= 11 is 0. The number of nitrogens with one attached hydrogen (secondary N) is 1. The lowest BCUT2D eigenvalue weighted by atomic mass is 10.1. The average Bonchev–Trinajstić information content (AvgIpc) is 3.03. The topological polar surface area (TPSA) is 127 Å². The molecule has 0 aliphatic carbocycles. The van der Waals surface area contributed by atoms with Gasteiger partial charge in [0.15, 0.2) is 5.78 Å². The van der Waals surface area contributed by atoms with Crippen molar-refractivity contribution in [3.8, 4) is 0 Å². The van der Waals surface area contributed by atoms with Crippen molar-refractivity contribution in [2.24, 2.45) is 0 Å². The first kappa shape index (κ1) is 20.6. The molecule has 32 heavy (non-hydrogen) atoms. The van der Waals surface area contributed by atoms with Gasteiger partial charge in [0.1, 0.15) is 0 Å². The van der Waals surface area contributed by atoms with Gasteiger partial charge in [-0.15, -0.1) is 0 Å². The number of nitro benzene ring substituents is 1. The van der Waals surface area contributed by atoms with Crippen molar-refractivity contribution in [1.29, 1.82) is 0 Å². The van der Waals surface area contributed by atoms with Gasteiger partial charge in [-0.1, -0.05) is 0 Å². The minimum atomic E-state index is -0.670. The van der Waals surface area contributed by atoms with Gasteiger partial charge in [-0.25, -0.2) is 4.90 Å². The quantitative estimate of drug-likeness (QED) is 0.284. The normalized spacial score (nSPS) is 12.5. The van der Waals surface area contributed by atoms with E-state index in [1.54, 1.807) is 24.3 Å². The van der Waals surface area contributed by atoms with Gasteiger partial charge >= 0.3 is 0 Å². The van der Waals surface area contributed by atoms with Crippen LogP contribution < -0.4 is 10.2 Å². The van der Waals surface area contributed by atoms with Gasteiger partial charge in [-0.2, -0.15) is 0 Å². The molecule has 0 radical (unpaired) electrons. The molecular weight excluding hydrogens is 414 g/mol. The van der Waals surface area contributed by atoms with Crippen LogP contribution in [0.5, 0.6) is 0 Å². The van der Waals surface area contributed by atoms with Gasteiger partial charge in [0.25, 0.3) is 23.4 Å². The van der Waals surface area contributed by atoms with Gasteiger partial charge in [0.2, 0.25) is 0 Å². The number of amides is 3. The highest BCUT2D eigenvalue weighted by Gasteiger charge is 2.37. The maximum absolute atomic E-state index is 12.7. The van der Waals surface area contributed by atoms with Crippen molar-refractivity contribution in [2.45, 2.75) is 6.92 Å². The van der Waals surface area contributed by atoms with Gasteiger partial charge in [-0.05, 0) is 61.5 Å². The number of ketones is 1. The summed E-state index contributed by atoms with van der Waals surface area (Å²) in [6, 6.07) is 15.8. The van der Waals surface area contributed by atoms with Crippen LogP contribution in [0.4, 0.5) is 17.1 Å². The number of nitro groups is 1. The molecule has 1 aliphatic rings.